The summed E-state index contributed by atoms with van der Waals surface area (Å²) in [6.45, 7) is -0.731. The Morgan fingerprint density at radius 2 is 2.07 bits per heavy atom. The lowest BCUT2D eigenvalue weighted by Gasteiger charge is -2.12. The van der Waals surface area contributed by atoms with E-state index in [1.165, 1.54) is 12.1 Å². The number of aromatic nitrogens is 2. The van der Waals surface area contributed by atoms with Crippen molar-refractivity contribution < 1.29 is 27.5 Å². The van der Waals surface area contributed by atoms with Crippen molar-refractivity contribution >= 4 is 31.9 Å². The van der Waals surface area contributed by atoms with Gasteiger partial charge in [-0.3, -0.25) is 9.89 Å². The van der Waals surface area contributed by atoms with Crippen molar-refractivity contribution in [1.29, 1.82) is 0 Å². The molecule has 155 valence electrons. The number of benzene rings is 1. The SMILES string of the molecule is O=C(Cc1ccc(F)cc1)Nc1cc([Si]2CCC(OC(=O)NCC(F)F)C2)[nH]n1. The van der Waals surface area contributed by atoms with Crippen LogP contribution in [0, 0.1) is 5.82 Å². The third kappa shape index (κ3) is 6.34. The zero-order chi connectivity index (χ0) is 20.8. The highest BCUT2D eigenvalue weighted by atomic mass is 28.3. The van der Waals surface area contributed by atoms with Crippen LogP contribution < -0.4 is 16.0 Å². The molecule has 0 bridgehead atoms. The summed E-state index contributed by atoms with van der Waals surface area (Å²) in [5, 5.41) is 12.6. The minimum absolute atomic E-state index is 0.101. The molecular weight excluding hydrogens is 405 g/mol. The Balaban J connectivity index is 1.46. The van der Waals surface area contributed by atoms with E-state index in [9.17, 15) is 22.8 Å². The van der Waals surface area contributed by atoms with Crippen molar-refractivity contribution in [2.24, 2.45) is 0 Å². The fraction of sp³-hybridized carbons (Fsp3) is 0.389. The Morgan fingerprint density at radius 3 is 2.79 bits per heavy atom. The van der Waals surface area contributed by atoms with Crippen LogP contribution in [0.5, 0.6) is 0 Å². The summed E-state index contributed by atoms with van der Waals surface area (Å²) in [5.74, 6) is -0.237. The molecule has 7 nitrogen and oxygen atoms in total. The quantitative estimate of drug-likeness (QED) is 0.593. The van der Waals surface area contributed by atoms with Crippen LogP contribution in [0.4, 0.5) is 23.8 Å². The number of hydrogen-bond acceptors (Lipinski definition) is 4. The van der Waals surface area contributed by atoms with Crippen LogP contribution in [0.2, 0.25) is 12.1 Å². The summed E-state index contributed by atoms with van der Waals surface area (Å²) in [5.41, 5.74) is 0.687. The minimum atomic E-state index is -2.62. The van der Waals surface area contributed by atoms with Gasteiger partial charge in [-0.05, 0) is 42.3 Å². The first-order valence-corrected chi connectivity index (χ1v) is 11.0. The van der Waals surface area contributed by atoms with Gasteiger partial charge < -0.3 is 15.4 Å². The highest BCUT2D eigenvalue weighted by molar-refractivity contribution is 6.73. The fourth-order valence-corrected chi connectivity index (χ4v) is 5.81. The molecule has 0 spiro atoms. The van der Waals surface area contributed by atoms with Crippen molar-refractivity contribution in [3.05, 3.63) is 41.7 Å². The molecular formula is C18H20F3N4O3Si. The normalized spacial score (nSPS) is 16.8. The zero-order valence-electron chi connectivity index (χ0n) is 15.4. The second-order valence-corrected chi connectivity index (χ2v) is 9.32. The molecule has 1 aromatic carbocycles. The van der Waals surface area contributed by atoms with E-state index in [1.807, 2.05) is 5.32 Å². The van der Waals surface area contributed by atoms with Crippen LogP contribution in [0.1, 0.15) is 12.0 Å². The van der Waals surface area contributed by atoms with Gasteiger partial charge in [0.2, 0.25) is 5.91 Å². The number of alkyl halides is 2. The molecule has 2 heterocycles. The Bertz CT molecular complexity index is 847. The molecule has 1 atom stereocenters. The predicted octanol–water partition coefficient (Wildman–Crippen LogP) is 2.20. The summed E-state index contributed by atoms with van der Waals surface area (Å²) in [6, 6.07) is 8.92. The van der Waals surface area contributed by atoms with Crippen LogP contribution >= 0.6 is 0 Å². The number of halogens is 3. The molecule has 1 aromatic heterocycles. The number of alkyl carbamates (subject to hydrolysis) is 1. The van der Waals surface area contributed by atoms with Gasteiger partial charge in [-0.25, -0.2) is 18.0 Å². The number of aromatic amines is 1. The number of ether oxygens (including phenoxy) is 1. The first-order chi connectivity index (χ1) is 13.9. The van der Waals surface area contributed by atoms with Crippen LogP contribution in [-0.4, -0.2) is 50.1 Å². The molecule has 29 heavy (non-hydrogen) atoms. The van der Waals surface area contributed by atoms with Gasteiger partial charge in [0.05, 0.1) is 13.0 Å². The van der Waals surface area contributed by atoms with E-state index >= 15 is 0 Å². The summed E-state index contributed by atoms with van der Waals surface area (Å²) < 4.78 is 42.3. The molecule has 11 heteroatoms. The molecule has 3 N–H and O–H groups in total. The van der Waals surface area contributed by atoms with Gasteiger partial charge >= 0.3 is 6.09 Å². The van der Waals surface area contributed by atoms with Crippen LogP contribution in [0.25, 0.3) is 0 Å². The third-order valence-electron chi connectivity index (χ3n) is 4.42. The smallest absolute Gasteiger partial charge is 0.407 e. The lowest BCUT2D eigenvalue weighted by atomic mass is 10.1. The Hall–Kier alpha value is -2.82. The molecule has 1 fully saturated rings. The summed E-state index contributed by atoms with van der Waals surface area (Å²) in [7, 11) is -1.06. The van der Waals surface area contributed by atoms with Crippen molar-refractivity contribution in [2.75, 3.05) is 11.9 Å². The molecule has 1 unspecified atom stereocenters. The van der Waals surface area contributed by atoms with E-state index in [4.69, 9.17) is 4.74 Å². The minimum Gasteiger partial charge on any atom is -0.447 e. The fourth-order valence-electron chi connectivity index (χ4n) is 3.05. The Kier molecular flexibility index (Phi) is 6.91. The molecule has 0 saturated carbocycles. The second kappa shape index (κ2) is 9.59. The summed E-state index contributed by atoms with van der Waals surface area (Å²) >= 11 is 0. The predicted molar refractivity (Wildman–Crippen MR) is 101 cm³/mol. The number of anilines is 1. The van der Waals surface area contributed by atoms with Crippen LogP contribution in [0.3, 0.4) is 0 Å². The number of amides is 2. The monoisotopic (exact) mass is 425 g/mol. The topological polar surface area (TPSA) is 96.1 Å². The number of carbonyl (C=O) groups is 2. The number of nitrogens with one attached hydrogen (secondary N) is 3. The van der Waals surface area contributed by atoms with Crippen molar-refractivity contribution in [3.63, 3.8) is 0 Å². The lowest BCUT2D eigenvalue weighted by molar-refractivity contribution is -0.115. The van der Waals surface area contributed by atoms with Crippen molar-refractivity contribution in [3.8, 4) is 0 Å². The Morgan fingerprint density at radius 1 is 1.31 bits per heavy atom. The molecule has 1 radical (unpaired) electrons. The standard InChI is InChI=1S/C18H20F3N4O3Si/c19-12-3-1-11(2-4-12)7-16(26)23-15-8-17(25-24-15)29-6-5-13(10-29)28-18(27)22-9-14(20)21/h1-4,8,13-14H,5-7,9-10H2,(H,22,27)(H2,23,24,25,26). The van der Waals surface area contributed by atoms with Gasteiger partial charge in [0.15, 0.2) is 5.82 Å². The van der Waals surface area contributed by atoms with Crippen molar-refractivity contribution in [2.45, 2.75) is 37.5 Å². The summed E-state index contributed by atoms with van der Waals surface area (Å²) in [4.78, 5) is 23.6. The zero-order valence-corrected chi connectivity index (χ0v) is 16.4. The Labute approximate surface area is 166 Å². The maximum Gasteiger partial charge on any atom is 0.407 e. The van der Waals surface area contributed by atoms with Crippen LogP contribution in [-0.2, 0) is 16.0 Å². The van der Waals surface area contributed by atoms with Gasteiger partial charge in [0.1, 0.15) is 20.7 Å². The van der Waals surface area contributed by atoms with E-state index in [1.54, 1.807) is 18.2 Å². The molecule has 1 aliphatic heterocycles. The van der Waals surface area contributed by atoms with Gasteiger partial charge in [-0.2, -0.15) is 5.10 Å². The van der Waals surface area contributed by atoms with E-state index < -0.39 is 27.9 Å². The molecule has 1 saturated heterocycles. The second-order valence-electron chi connectivity index (χ2n) is 6.66. The van der Waals surface area contributed by atoms with Gasteiger partial charge in [-0.1, -0.05) is 12.1 Å². The van der Waals surface area contributed by atoms with E-state index in [-0.39, 0.29) is 24.2 Å². The van der Waals surface area contributed by atoms with Gasteiger partial charge in [-0.15, -0.1) is 0 Å². The third-order valence-corrected chi connectivity index (χ3v) is 7.28. The maximum absolute atomic E-state index is 12.9. The van der Waals surface area contributed by atoms with E-state index in [0.717, 1.165) is 11.4 Å². The molecule has 2 amide bonds. The molecule has 0 aliphatic carbocycles. The molecule has 3 rings (SSSR count). The lowest BCUT2D eigenvalue weighted by Crippen LogP contribution is -2.33. The number of hydrogen-bond donors (Lipinski definition) is 3. The maximum atomic E-state index is 12.9. The van der Waals surface area contributed by atoms with E-state index in [2.05, 4.69) is 15.5 Å². The highest BCUT2D eigenvalue weighted by Crippen LogP contribution is 2.23. The number of H-pyrrole nitrogens is 1. The number of carbonyl (C=O) groups excluding carboxylic acids is 2. The van der Waals surface area contributed by atoms with Gasteiger partial charge in [0.25, 0.3) is 6.43 Å². The number of rotatable bonds is 7. The summed E-state index contributed by atoms with van der Waals surface area (Å²) in [6.07, 6.45) is -3.02. The average molecular weight is 425 g/mol. The van der Waals surface area contributed by atoms with Gasteiger partial charge in [0, 0.05) is 5.32 Å². The van der Waals surface area contributed by atoms with E-state index in [0.29, 0.717) is 23.8 Å². The number of nitrogens with zero attached hydrogens (tertiary/aromatic N) is 1. The average Bonchev–Trinajstić information content (AvgIpc) is 3.31. The highest BCUT2D eigenvalue weighted by Gasteiger charge is 2.31. The van der Waals surface area contributed by atoms with Crippen LogP contribution in [0.15, 0.2) is 30.3 Å². The molecule has 1 aliphatic rings. The first-order valence-electron chi connectivity index (χ1n) is 9.06. The first kappa shape index (κ1) is 20.9. The molecule has 2 aromatic rings. The largest absolute Gasteiger partial charge is 0.447 e. The van der Waals surface area contributed by atoms with Crippen molar-refractivity contribution in [1.82, 2.24) is 15.5 Å².